The zero-order valence-corrected chi connectivity index (χ0v) is 15.9. The minimum absolute atomic E-state index is 0.154. The molecule has 0 spiro atoms. The van der Waals surface area contributed by atoms with Gasteiger partial charge in [0, 0.05) is 30.2 Å². The van der Waals surface area contributed by atoms with E-state index in [0.29, 0.717) is 17.1 Å². The van der Waals surface area contributed by atoms with Gasteiger partial charge in [-0.25, -0.2) is 9.97 Å². The van der Waals surface area contributed by atoms with Gasteiger partial charge in [-0.15, -0.1) is 0 Å². The Morgan fingerprint density at radius 3 is 2.36 bits per heavy atom. The lowest BCUT2D eigenvalue weighted by atomic mass is 10.1. The van der Waals surface area contributed by atoms with Crippen LogP contribution in [0.25, 0.3) is 0 Å². The third kappa shape index (κ3) is 4.91. The monoisotopic (exact) mass is 375 g/mol. The number of rotatable bonds is 5. The minimum atomic E-state index is -0.319. The topological polar surface area (TPSA) is 96.0 Å². The third-order valence-corrected chi connectivity index (χ3v) is 4.09. The van der Waals surface area contributed by atoms with Crippen LogP contribution in [0.4, 0.5) is 23.0 Å². The molecular weight excluding hydrogens is 354 g/mol. The van der Waals surface area contributed by atoms with Crippen LogP contribution in [0.15, 0.2) is 54.7 Å². The smallest absolute Gasteiger partial charge is 0.274 e. The van der Waals surface area contributed by atoms with Crippen molar-refractivity contribution in [3.63, 3.8) is 0 Å². The van der Waals surface area contributed by atoms with E-state index in [0.717, 1.165) is 11.1 Å². The first kappa shape index (κ1) is 19.0. The first-order valence-corrected chi connectivity index (χ1v) is 8.77. The normalized spacial score (nSPS) is 10.2. The van der Waals surface area contributed by atoms with Crippen LogP contribution in [0, 0.1) is 13.8 Å². The summed E-state index contributed by atoms with van der Waals surface area (Å²) in [5.74, 6) is -0.188. The molecule has 2 aromatic carbocycles. The molecule has 1 aromatic heterocycles. The molecule has 0 radical (unpaired) electrons. The number of carbonyl (C=O) groups is 2. The Hall–Kier alpha value is -3.74. The van der Waals surface area contributed by atoms with E-state index in [1.165, 1.54) is 13.1 Å². The summed E-state index contributed by atoms with van der Waals surface area (Å²) in [5, 5.41) is 8.60. The fourth-order valence-electron chi connectivity index (χ4n) is 2.57. The molecule has 0 saturated carbocycles. The number of nitrogens with one attached hydrogen (secondary N) is 3. The SMILES string of the molecule is CC(=O)Nc1cccc(Nc2nccc(C(=O)Nc3ccc(C)c(C)c3)n2)c1. The van der Waals surface area contributed by atoms with Gasteiger partial charge in [0.15, 0.2) is 0 Å². The molecule has 0 saturated heterocycles. The van der Waals surface area contributed by atoms with Crippen molar-refractivity contribution in [2.24, 2.45) is 0 Å². The quantitative estimate of drug-likeness (QED) is 0.625. The first-order chi connectivity index (χ1) is 13.4. The van der Waals surface area contributed by atoms with Crippen LogP contribution in [0.1, 0.15) is 28.5 Å². The average molecular weight is 375 g/mol. The molecule has 0 atom stereocenters. The highest BCUT2D eigenvalue weighted by molar-refractivity contribution is 6.03. The summed E-state index contributed by atoms with van der Waals surface area (Å²) in [7, 11) is 0. The number of aryl methyl sites for hydroxylation is 2. The molecule has 142 valence electrons. The van der Waals surface area contributed by atoms with Gasteiger partial charge < -0.3 is 16.0 Å². The lowest BCUT2D eigenvalue weighted by molar-refractivity contribution is -0.114. The molecule has 28 heavy (non-hydrogen) atoms. The zero-order valence-electron chi connectivity index (χ0n) is 15.9. The molecule has 3 aromatic rings. The number of amides is 2. The number of nitrogens with zero attached hydrogens (tertiary/aromatic N) is 2. The highest BCUT2D eigenvalue weighted by Crippen LogP contribution is 2.19. The summed E-state index contributed by atoms with van der Waals surface area (Å²) >= 11 is 0. The lowest BCUT2D eigenvalue weighted by Gasteiger charge is -2.10. The number of hydrogen-bond acceptors (Lipinski definition) is 5. The highest BCUT2D eigenvalue weighted by atomic mass is 16.2. The number of aromatic nitrogens is 2. The van der Waals surface area contributed by atoms with Crippen LogP contribution in [-0.4, -0.2) is 21.8 Å². The molecule has 0 aliphatic heterocycles. The van der Waals surface area contributed by atoms with Gasteiger partial charge in [0.05, 0.1) is 0 Å². The molecule has 2 amide bonds. The summed E-state index contributed by atoms with van der Waals surface area (Å²) in [6.45, 7) is 5.46. The van der Waals surface area contributed by atoms with E-state index in [2.05, 4.69) is 25.9 Å². The number of hydrogen-bond donors (Lipinski definition) is 3. The van der Waals surface area contributed by atoms with Gasteiger partial charge >= 0.3 is 0 Å². The Balaban J connectivity index is 1.73. The predicted molar refractivity (Wildman–Crippen MR) is 110 cm³/mol. The highest BCUT2D eigenvalue weighted by Gasteiger charge is 2.10. The zero-order chi connectivity index (χ0) is 20.1. The second-order valence-corrected chi connectivity index (χ2v) is 6.41. The maximum absolute atomic E-state index is 12.5. The van der Waals surface area contributed by atoms with Crippen molar-refractivity contribution in [2.75, 3.05) is 16.0 Å². The maximum Gasteiger partial charge on any atom is 0.274 e. The molecule has 3 rings (SSSR count). The molecule has 0 bridgehead atoms. The molecule has 0 unspecified atom stereocenters. The van der Waals surface area contributed by atoms with Crippen molar-refractivity contribution in [2.45, 2.75) is 20.8 Å². The van der Waals surface area contributed by atoms with Crippen LogP contribution in [0.5, 0.6) is 0 Å². The summed E-state index contributed by atoms with van der Waals surface area (Å²) in [6, 6.07) is 14.4. The van der Waals surface area contributed by atoms with E-state index in [4.69, 9.17) is 0 Å². The van der Waals surface area contributed by atoms with Gasteiger partial charge in [-0.05, 0) is 61.4 Å². The Morgan fingerprint density at radius 1 is 0.857 bits per heavy atom. The molecule has 1 heterocycles. The van der Waals surface area contributed by atoms with Crippen LogP contribution >= 0.6 is 0 Å². The van der Waals surface area contributed by atoms with E-state index in [-0.39, 0.29) is 23.5 Å². The van der Waals surface area contributed by atoms with Gasteiger partial charge in [-0.1, -0.05) is 12.1 Å². The molecule has 7 heteroatoms. The minimum Gasteiger partial charge on any atom is -0.326 e. The summed E-state index contributed by atoms with van der Waals surface area (Å²) in [5.41, 5.74) is 4.56. The maximum atomic E-state index is 12.5. The van der Waals surface area contributed by atoms with E-state index in [1.54, 1.807) is 24.3 Å². The second-order valence-electron chi connectivity index (χ2n) is 6.41. The second kappa shape index (κ2) is 8.30. The van der Waals surface area contributed by atoms with Crippen molar-refractivity contribution in [1.82, 2.24) is 9.97 Å². The van der Waals surface area contributed by atoms with Gasteiger partial charge in [0.25, 0.3) is 5.91 Å². The van der Waals surface area contributed by atoms with Gasteiger partial charge in [-0.3, -0.25) is 9.59 Å². The number of anilines is 4. The summed E-state index contributed by atoms with van der Waals surface area (Å²) in [6.07, 6.45) is 1.52. The van der Waals surface area contributed by atoms with Crippen LogP contribution in [0.2, 0.25) is 0 Å². The number of carbonyl (C=O) groups excluding carboxylic acids is 2. The Bertz CT molecular complexity index is 1030. The van der Waals surface area contributed by atoms with Gasteiger partial charge in [0.1, 0.15) is 5.69 Å². The standard InChI is InChI=1S/C21H21N5O2/c1-13-7-8-18(11-14(13)2)24-20(28)19-9-10-22-21(26-19)25-17-6-4-5-16(12-17)23-15(3)27/h4-12H,1-3H3,(H,23,27)(H,24,28)(H,22,25,26). The molecule has 7 nitrogen and oxygen atoms in total. The largest absolute Gasteiger partial charge is 0.326 e. The Labute approximate surface area is 163 Å². The molecule has 0 aliphatic carbocycles. The molecule has 0 fully saturated rings. The van der Waals surface area contributed by atoms with Crippen molar-refractivity contribution in [3.8, 4) is 0 Å². The Morgan fingerprint density at radius 2 is 1.61 bits per heavy atom. The van der Waals surface area contributed by atoms with E-state index >= 15 is 0 Å². The molecular formula is C21H21N5O2. The summed E-state index contributed by atoms with van der Waals surface area (Å²) in [4.78, 5) is 32.1. The first-order valence-electron chi connectivity index (χ1n) is 8.77. The van der Waals surface area contributed by atoms with Gasteiger partial charge in [-0.2, -0.15) is 0 Å². The third-order valence-electron chi connectivity index (χ3n) is 4.09. The van der Waals surface area contributed by atoms with Crippen molar-refractivity contribution >= 4 is 34.8 Å². The van der Waals surface area contributed by atoms with Crippen molar-refractivity contribution in [3.05, 3.63) is 71.5 Å². The van der Waals surface area contributed by atoms with E-state index in [1.807, 2.05) is 38.1 Å². The van der Waals surface area contributed by atoms with Crippen LogP contribution < -0.4 is 16.0 Å². The van der Waals surface area contributed by atoms with Gasteiger partial charge in [0.2, 0.25) is 11.9 Å². The molecule has 0 aliphatic rings. The van der Waals surface area contributed by atoms with E-state index in [9.17, 15) is 9.59 Å². The van der Waals surface area contributed by atoms with E-state index < -0.39 is 0 Å². The fraction of sp³-hybridized carbons (Fsp3) is 0.143. The van der Waals surface area contributed by atoms with Crippen LogP contribution in [0.3, 0.4) is 0 Å². The molecule has 3 N–H and O–H groups in total. The van der Waals surface area contributed by atoms with Crippen molar-refractivity contribution in [1.29, 1.82) is 0 Å². The Kier molecular flexibility index (Phi) is 5.64. The predicted octanol–water partition coefficient (Wildman–Crippen LogP) is 4.05. The fourth-order valence-corrected chi connectivity index (χ4v) is 2.57. The van der Waals surface area contributed by atoms with Crippen LogP contribution in [-0.2, 0) is 4.79 Å². The average Bonchev–Trinajstić information content (AvgIpc) is 2.65. The summed E-state index contributed by atoms with van der Waals surface area (Å²) < 4.78 is 0. The van der Waals surface area contributed by atoms with Crippen molar-refractivity contribution < 1.29 is 9.59 Å². The number of benzene rings is 2. The lowest BCUT2D eigenvalue weighted by Crippen LogP contribution is -2.15.